The van der Waals surface area contributed by atoms with Crippen molar-refractivity contribution in [3.63, 3.8) is 0 Å². The highest BCUT2D eigenvalue weighted by atomic mass is 32.2. The number of pyridine rings is 1. The zero-order valence-electron chi connectivity index (χ0n) is 18.2. The first kappa shape index (κ1) is 21.1. The molecule has 2 aromatic rings. The first-order chi connectivity index (χ1) is 15.3. The van der Waals surface area contributed by atoms with Gasteiger partial charge in [0, 0.05) is 37.3 Å². The Balaban J connectivity index is 1.40. The van der Waals surface area contributed by atoms with Gasteiger partial charge in [0.25, 0.3) is 0 Å². The van der Waals surface area contributed by atoms with Gasteiger partial charge < -0.3 is 9.64 Å². The molecule has 0 spiro atoms. The number of aromatic nitrogens is 1. The standard InChI is InChI=1S/C23H26N4O4S/c1-23(2)14-25-22-21(28)18-12-17(8-9-19(18)26(22)15-23)32(29,30)27-11-5-6-16(27)13-31-20-7-3-4-10-24-20/h3-4,7-10,12,16H,5-6,11,13-15H2,1-2H3/t16-/m0/s1. The first-order valence-corrected chi connectivity index (χ1v) is 12.3. The second-order valence-corrected chi connectivity index (χ2v) is 11.2. The monoisotopic (exact) mass is 454 g/mol. The lowest BCUT2D eigenvalue weighted by Gasteiger charge is -2.34. The number of ketones is 1. The fourth-order valence-corrected chi connectivity index (χ4v) is 6.28. The predicted octanol–water partition coefficient (Wildman–Crippen LogP) is 2.75. The molecule has 9 heteroatoms. The van der Waals surface area contributed by atoms with Crippen LogP contribution in [0.3, 0.4) is 0 Å². The van der Waals surface area contributed by atoms with Crippen LogP contribution in [0.15, 0.2) is 52.5 Å². The number of aliphatic imine (C=N–C) groups is 1. The molecule has 1 aromatic heterocycles. The Kier molecular flexibility index (Phi) is 5.05. The van der Waals surface area contributed by atoms with E-state index in [1.807, 2.05) is 11.0 Å². The van der Waals surface area contributed by atoms with Crippen molar-refractivity contribution >= 4 is 27.3 Å². The molecule has 1 fully saturated rings. The fourth-order valence-electron chi connectivity index (χ4n) is 4.58. The predicted molar refractivity (Wildman–Crippen MR) is 121 cm³/mol. The zero-order chi connectivity index (χ0) is 22.5. The maximum Gasteiger partial charge on any atom is 0.243 e. The second kappa shape index (κ2) is 7.67. The van der Waals surface area contributed by atoms with Crippen molar-refractivity contribution in [1.82, 2.24) is 9.29 Å². The van der Waals surface area contributed by atoms with Gasteiger partial charge in [0.1, 0.15) is 6.61 Å². The number of hydrogen-bond acceptors (Lipinski definition) is 7. The molecule has 1 aromatic carbocycles. The number of hydrogen-bond donors (Lipinski definition) is 0. The van der Waals surface area contributed by atoms with Crippen LogP contribution in [-0.4, -0.2) is 61.6 Å². The summed E-state index contributed by atoms with van der Waals surface area (Å²) in [7, 11) is -3.77. The molecule has 8 nitrogen and oxygen atoms in total. The SMILES string of the molecule is CC1(C)CN=C2C(=O)c3cc(S(=O)(=O)N4CCC[C@H]4COc4ccccn4)ccc3N2C1. The highest BCUT2D eigenvalue weighted by molar-refractivity contribution is 7.89. The van der Waals surface area contributed by atoms with Crippen molar-refractivity contribution in [2.75, 3.05) is 31.1 Å². The van der Waals surface area contributed by atoms with Crippen LogP contribution in [-0.2, 0) is 10.0 Å². The topological polar surface area (TPSA) is 92.2 Å². The van der Waals surface area contributed by atoms with Gasteiger partial charge in [-0.1, -0.05) is 19.9 Å². The van der Waals surface area contributed by atoms with E-state index in [4.69, 9.17) is 4.74 Å². The number of anilines is 1. The summed E-state index contributed by atoms with van der Waals surface area (Å²) in [5.74, 6) is 0.681. The second-order valence-electron chi connectivity index (χ2n) is 9.29. The van der Waals surface area contributed by atoms with Gasteiger partial charge in [-0.3, -0.25) is 9.79 Å². The lowest BCUT2D eigenvalue weighted by atomic mass is 9.91. The Morgan fingerprint density at radius 2 is 2.06 bits per heavy atom. The van der Waals surface area contributed by atoms with E-state index < -0.39 is 10.0 Å². The van der Waals surface area contributed by atoms with Gasteiger partial charge in [-0.15, -0.1) is 0 Å². The third kappa shape index (κ3) is 3.59. The van der Waals surface area contributed by atoms with E-state index in [1.165, 1.54) is 10.4 Å². The summed E-state index contributed by atoms with van der Waals surface area (Å²) in [4.78, 5) is 23.6. The molecular formula is C23H26N4O4S. The third-order valence-corrected chi connectivity index (χ3v) is 8.14. The largest absolute Gasteiger partial charge is 0.476 e. The number of nitrogens with zero attached hydrogens (tertiary/aromatic N) is 4. The average molecular weight is 455 g/mol. The van der Waals surface area contributed by atoms with E-state index >= 15 is 0 Å². The number of fused-ring (bicyclic) bond motifs is 3. The maximum absolute atomic E-state index is 13.5. The van der Waals surface area contributed by atoms with E-state index in [-0.39, 0.29) is 28.7 Å². The molecule has 1 saturated heterocycles. The number of rotatable bonds is 5. The Bertz CT molecular complexity index is 1190. The average Bonchev–Trinajstić information content (AvgIpc) is 3.36. The smallest absolute Gasteiger partial charge is 0.243 e. The summed E-state index contributed by atoms with van der Waals surface area (Å²) >= 11 is 0. The van der Waals surface area contributed by atoms with Crippen LogP contribution in [0.1, 0.15) is 37.0 Å². The van der Waals surface area contributed by atoms with Gasteiger partial charge in [-0.2, -0.15) is 4.31 Å². The molecule has 3 aliphatic rings. The van der Waals surface area contributed by atoms with E-state index in [1.54, 1.807) is 30.5 Å². The van der Waals surface area contributed by atoms with E-state index in [0.29, 0.717) is 36.9 Å². The minimum atomic E-state index is -3.77. The minimum Gasteiger partial charge on any atom is -0.476 e. The highest BCUT2D eigenvalue weighted by Crippen LogP contribution is 2.37. The Morgan fingerprint density at radius 3 is 2.84 bits per heavy atom. The number of amidine groups is 1. The van der Waals surface area contributed by atoms with Crippen LogP contribution in [0.5, 0.6) is 5.88 Å². The van der Waals surface area contributed by atoms with Gasteiger partial charge in [0.05, 0.1) is 22.2 Å². The zero-order valence-corrected chi connectivity index (χ0v) is 19.0. The number of Topliss-reactive ketones (excluding diaryl/α,β-unsaturated/α-hetero) is 1. The molecular weight excluding hydrogens is 428 g/mol. The summed E-state index contributed by atoms with van der Waals surface area (Å²) < 4.78 is 34.2. The molecule has 0 amide bonds. The Hall–Kier alpha value is -2.78. The molecule has 168 valence electrons. The molecule has 32 heavy (non-hydrogen) atoms. The van der Waals surface area contributed by atoms with Crippen LogP contribution in [0.2, 0.25) is 0 Å². The number of carbonyl (C=O) groups is 1. The van der Waals surface area contributed by atoms with Crippen LogP contribution in [0.25, 0.3) is 0 Å². The summed E-state index contributed by atoms with van der Waals surface area (Å²) in [6.07, 6.45) is 3.12. The van der Waals surface area contributed by atoms with Crippen molar-refractivity contribution < 1.29 is 17.9 Å². The van der Waals surface area contributed by atoms with Crippen molar-refractivity contribution in [2.24, 2.45) is 10.4 Å². The molecule has 4 heterocycles. The van der Waals surface area contributed by atoms with Crippen LogP contribution < -0.4 is 9.64 Å². The number of carbonyl (C=O) groups excluding carboxylic acids is 1. The van der Waals surface area contributed by atoms with Gasteiger partial charge >= 0.3 is 0 Å². The lowest BCUT2D eigenvalue weighted by molar-refractivity contribution is 0.106. The summed E-state index contributed by atoms with van der Waals surface area (Å²) in [5.41, 5.74) is 1.09. The molecule has 5 rings (SSSR count). The third-order valence-electron chi connectivity index (χ3n) is 6.20. The van der Waals surface area contributed by atoms with Crippen molar-refractivity contribution in [1.29, 1.82) is 0 Å². The molecule has 0 bridgehead atoms. The van der Waals surface area contributed by atoms with E-state index in [2.05, 4.69) is 23.8 Å². The highest BCUT2D eigenvalue weighted by Gasteiger charge is 2.42. The van der Waals surface area contributed by atoms with Crippen molar-refractivity contribution in [2.45, 2.75) is 37.6 Å². The number of sulfonamides is 1. The minimum absolute atomic E-state index is 0.0491. The Morgan fingerprint density at radius 1 is 1.22 bits per heavy atom. The number of ether oxygens (including phenoxy) is 1. The fraction of sp³-hybridized carbons (Fsp3) is 0.435. The summed E-state index contributed by atoms with van der Waals surface area (Å²) in [5, 5.41) is 0. The normalized spacial score (nSPS) is 22.4. The van der Waals surface area contributed by atoms with Crippen molar-refractivity contribution in [3.05, 3.63) is 48.2 Å². The van der Waals surface area contributed by atoms with Gasteiger partial charge in [0.2, 0.25) is 21.7 Å². The molecule has 0 unspecified atom stereocenters. The lowest BCUT2D eigenvalue weighted by Crippen LogP contribution is -2.44. The quantitative estimate of drug-likeness (QED) is 0.690. The Labute approximate surface area is 188 Å². The van der Waals surface area contributed by atoms with E-state index in [0.717, 1.165) is 18.5 Å². The number of benzene rings is 1. The van der Waals surface area contributed by atoms with Gasteiger partial charge in [-0.05, 0) is 37.1 Å². The van der Waals surface area contributed by atoms with Crippen LogP contribution in [0.4, 0.5) is 5.69 Å². The molecule has 0 saturated carbocycles. The van der Waals surface area contributed by atoms with Gasteiger partial charge in [0.15, 0.2) is 5.84 Å². The first-order valence-electron chi connectivity index (χ1n) is 10.8. The van der Waals surface area contributed by atoms with E-state index in [9.17, 15) is 13.2 Å². The molecule has 3 aliphatic heterocycles. The summed E-state index contributed by atoms with van der Waals surface area (Å²) in [6.45, 7) is 6.13. The summed E-state index contributed by atoms with van der Waals surface area (Å²) in [6, 6.07) is 9.94. The molecule has 0 N–H and O–H groups in total. The molecule has 0 radical (unpaired) electrons. The maximum atomic E-state index is 13.5. The van der Waals surface area contributed by atoms with Crippen LogP contribution in [0, 0.1) is 5.41 Å². The van der Waals surface area contributed by atoms with Crippen molar-refractivity contribution in [3.8, 4) is 5.88 Å². The van der Waals surface area contributed by atoms with Gasteiger partial charge in [-0.25, -0.2) is 13.4 Å². The molecule has 1 atom stereocenters. The molecule has 0 aliphatic carbocycles. The van der Waals surface area contributed by atoms with Crippen LogP contribution >= 0.6 is 0 Å².